The molecule has 0 fully saturated rings. The molecule has 24 heavy (non-hydrogen) atoms. The van der Waals surface area contributed by atoms with E-state index < -0.39 is 5.97 Å². The van der Waals surface area contributed by atoms with Crippen molar-refractivity contribution in [1.29, 1.82) is 0 Å². The molecular formula is C19H29NO4. The highest BCUT2D eigenvalue weighted by molar-refractivity contribution is 5.92. The standard InChI is InChI=1S/C19H29NO4/c1-3-4-5-6-7-8-9-14-23-18-12-10-17(11-13-18)19(21)24-15-16(2)20-22/h10-13,22H,3-9,14-15H2,1-2H3/b20-16+. The molecule has 0 bridgehead atoms. The first kappa shape index (κ1) is 20.0. The fourth-order valence-corrected chi connectivity index (χ4v) is 2.22. The summed E-state index contributed by atoms with van der Waals surface area (Å²) in [5.41, 5.74) is 0.794. The quantitative estimate of drug-likeness (QED) is 0.195. The zero-order chi connectivity index (χ0) is 17.6. The van der Waals surface area contributed by atoms with Gasteiger partial charge in [0.2, 0.25) is 0 Å². The van der Waals surface area contributed by atoms with Crippen molar-refractivity contribution >= 4 is 11.7 Å². The van der Waals surface area contributed by atoms with Gasteiger partial charge < -0.3 is 14.7 Å². The van der Waals surface area contributed by atoms with Crippen LogP contribution >= 0.6 is 0 Å². The average molecular weight is 335 g/mol. The fourth-order valence-electron chi connectivity index (χ4n) is 2.22. The second kappa shape index (κ2) is 12.4. The van der Waals surface area contributed by atoms with Gasteiger partial charge in [0.05, 0.1) is 17.9 Å². The number of esters is 1. The van der Waals surface area contributed by atoms with Gasteiger partial charge in [0.1, 0.15) is 12.4 Å². The molecule has 0 aliphatic rings. The van der Waals surface area contributed by atoms with Crippen molar-refractivity contribution in [2.24, 2.45) is 5.16 Å². The van der Waals surface area contributed by atoms with E-state index in [2.05, 4.69) is 12.1 Å². The Morgan fingerprint density at radius 1 is 1.04 bits per heavy atom. The van der Waals surface area contributed by atoms with Crippen LogP contribution in [0.2, 0.25) is 0 Å². The number of carbonyl (C=O) groups excluding carboxylic acids is 1. The van der Waals surface area contributed by atoms with Crippen LogP contribution in [0.3, 0.4) is 0 Å². The van der Waals surface area contributed by atoms with Crippen molar-refractivity contribution < 1.29 is 19.5 Å². The molecule has 0 radical (unpaired) electrons. The molecule has 0 spiro atoms. The predicted octanol–water partition coefficient (Wildman–Crippen LogP) is 4.82. The number of hydrogen-bond acceptors (Lipinski definition) is 5. The summed E-state index contributed by atoms with van der Waals surface area (Å²) in [6, 6.07) is 6.89. The van der Waals surface area contributed by atoms with Gasteiger partial charge in [-0.1, -0.05) is 50.6 Å². The van der Waals surface area contributed by atoms with Gasteiger partial charge in [0, 0.05) is 0 Å². The Labute approximate surface area is 144 Å². The third-order valence-electron chi connectivity index (χ3n) is 3.69. The molecule has 0 amide bonds. The highest BCUT2D eigenvalue weighted by Gasteiger charge is 2.08. The molecular weight excluding hydrogens is 306 g/mol. The second-order valence-electron chi connectivity index (χ2n) is 5.91. The van der Waals surface area contributed by atoms with Gasteiger partial charge in [-0.15, -0.1) is 0 Å². The SMILES string of the molecule is CCCCCCCCCOc1ccc(C(=O)OC/C(C)=N/O)cc1. The molecule has 1 N–H and O–H groups in total. The maximum Gasteiger partial charge on any atom is 0.338 e. The highest BCUT2D eigenvalue weighted by Crippen LogP contribution is 2.14. The van der Waals surface area contributed by atoms with Crippen molar-refractivity contribution in [3.8, 4) is 5.75 Å². The number of benzene rings is 1. The molecule has 5 heteroatoms. The van der Waals surface area contributed by atoms with Crippen molar-refractivity contribution in [2.75, 3.05) is 13.2 Å². The van der Waals surface area contributed by atoms with E-state index in [0.29, 0.717) is 17.9 Å². The number of hydrogen-bond donors (Lipinski definition) is 1. The second-order valence-corrected chi connectivity index (χ2v) is 5.91. The van der Waals surface area contributed by atoms with E-state index in [1.54, 1.807) is 31.2 Å². The summed E-state index contributed by atoms with van der Waals surface area (Å²) in [4.78, 5) is 11.8. The topological polar surface area (TPSA) is 68.1 Å². The lowest BCUT2D eigenvalue weighted by molar-refractivity contribution is 0.0561. The molecule has 0 aliphatic heterocycles. The minimum absolute atomic E-state index is 0.0220. The normalized spacial score (nSPS) is 11.3. The Morgan fingerprint density at radius 2 is 1.67 bits per heavy atom. The van der Waals surface area contributed by atoms with E-state index in [1.807, 2.05) is 0 Å². The maximum atomic E-state index is 11.8. The van der Waals surface area contributed by atoms with E-state index in [9.17, 15) is 4.79 Å². The molecule has 0 aromatic heterocycles. The van der Waals surface area contributed by atoms with Crippen LogP contribution < -0.4 is 4.74 Å². The summed E-state index contributed by atoms with van der Waals surface area (Å²) in [5, 5.41) is 11.5. The third kappa shape index (κ3) is 8.56. The van der Waals surface area contributed by atoms with Crippen LogP contribution in [0.15, 0.2) is 29.4 Å². The lowest BCUT2D eigenvalue weighted by Gasteiger charge is -2.07. The lowest BCUT2D eigenvalue weighted by atomic mass is 10.1. The Kier molecular flexibility index (Phi) is 10.3. The van der Waals surface area contributed by atoms with Crippen LogP contribution in [0.4, 0.5) is 0 Å². The summed E-state index contributed by atoms with van der Waals surface area (Å²) < 4.78 is 10.7. The number of nitrogens with zero attached hydrogens (tertiary/aromatic N) is 1. The van der Waals surface area contributed by atoms with Gasteiger partial charge >= 0.3 is 5.97 Å². The van der Waals surface area contributed by atoms with Crippen molar-refractivity contribution in [1.82, 2.24) is 0 Å². The predicted molar refractivity (Wildman–Crippen MR) is 95.1 cm³/mol. The molecule has 1 aromatic carbocycles. The molecule has 134 valence electrons. The van der Waals surface area contributed by atoms with Gasteiger partial charge in [0.25, 0.3) is 0 Å². The van der Waals surface area contributed by atoms with Gasteiger partial charge in [0.15, 0.2) is 0 Å². The molecule has 0 aliphatic carbocycles. The van der Waals surface area contributed by atoms with Crippen LogP contribution in [-0.4, -0.2) is 30.1 Å². The zero-order valence-corrected chi connectivity index (χ0v) is 14.8. The van der Waals surface area contributed by atoms with Crippen LogP contribution in [0.5, 0.6) is 5.75 Å². The summed E-state index contributed by atoms with van der Waals surface area (Å²) in [5.74, 6) is 0.308. The number of carbonyl (C=O) groups is 1. The zero-order valence-electron chi connectivity index (χ0n) is 14.8. The molecule has 1 aromatic rings. The molecule has 0 unspecified atom stereocenters. The monoisotopic (exact) mass is 335 g/mol. The smallest absolute Gasteiger partial charge is 0.338 e. The van der Waals surface area contributed by atoms with Gasteiger partial charge in [-0.2, -0.15) is 0 Å². The Balaban J connectivity index is 2.21. The molecule has 1 rings (SSSR count). The average Bonchev–Trinajstić information content (AvgIpc) is 2.62. The first-order chi connectivity index (χ1) is 11.7. The summed E-state index contributed by atoms with van der Waals surface area (Å²) in [6.45, 7) is 4.48. The van der Waals surface area contributed by atoms with E-state index in [-0.39, 0.29) is 6.61 Å². The minimum atomic E-state index is -0.448. The molecule has 0 saturated heterocycles. The maximum absolute atomic E-state index is 11.8. The van der Waals surface area contributed by atoms with Crippen LogP contribution in [-0.2, 0) is 4.74 Å². The molecule has 0 heterocycles. The first-order valence-electron chi connectivity index (χ1n) is 8.75. The number of rotatable bonds is 12. The van der Waals surface area contributed by atoms with Gasteiger partial charge in [-0.05, 0) is 37.6 Å². The molecule has 5 nitrogen and oxygen atoms in total. The molecule has 0 atom stereocenters. The Hall–Kier alpha value is -2.04. The van der Waals surface area contributed by atoms with E-state index in [1.165, 1.54) is 38.5 Å². The molecule has 0 saturated carbocycles. The van der Waals surface area contributed by atoms with E-state index >= 15 is 0 Å². The number of unbranched alkanes of at least 4 members (excludes halogenated alkanes) is 6. The number of oxime groups is 1. The summed E-state index contributed by atoms with van der Waals surface area (Å²) >= 11 is 0. The van der Waals surface area contributed by atoms with Crippen LogP contribution in [0.1, 0.15) is 69.2 Å². The fraction of sp³-hybridized carbons (Fsp3) is 0.579. The van der Waals surface area contributed by atoms with E-state index in [0.717, 1.165) is 12.2 Å². The summed E-state index contributed by atoms with van der Waals surface area (Å²) in [7, 11) is 0. The van der Waals surface area contributed by atoms with E-state index in [4.69, 9.17) is 14.7 Å². The number of ether oxygens (including phenoxy) is 2. The minimum Gasteiger partial charge on any atom is -0.494 e. The van der Waals surface area contributed by atoms with Crippen LogP contribution in [0, 0.1) is 0 Å². The van der Waals surface area contributed by atoms with Crippen molar-refractivity contribution in [3.05, 3.63) is 29.8 Å². The van der Waals surface area contributed by atoms with Gasteiger partial charge in [-0.25, -0.2) is 4.79 Å². The summed E-state index contributed by atoms with van der Waals surface area (Å²) in [6.07, 6.45) is 8.77. The third-order valence-corrected chi connectivity index (χ3v) is 3.69. The lowest BCUT2D eigenvalue weighted by Crippen LogP contribution is -2.11. The Bertz CT molecular complexity index is 497. The first-order valence-corrected chi connectivity index (χ1v) is 8.75. The highest BCUT2D eigenvalue weighted by atomic mass is 16.5. The van der Waals surface area contributed by atoms with Crippen molar-refractivity contribution in [3.63, 3.8) is 0 Å². The van der Waals surface area contributed by atoms with Gasteiger partial charge in [-0.3, -0.25) is 0 Å². The Morgan fingerprint density at radius 3 is 2.29 bits per heavy atom. The van der Waals surface area contributed by atoms with Crippen LogP contribution in [0.25, 0.3) is 0 Å². The van der Waals surface area contributed by atoms with Crippen molar-refractivity contribution in [2.45, 2.75) is 58.8 Å². The largest absolute Gasteiger partial charge is 0.494 e.